The van der Waals surface area contributed by atoms with Crippen LogP contribution in [-0.2, 0) is 0 Å². The second-order valence-electron chi connectivity index (χ2n) is 10.6. The Hall–Kier alpha value is -5.40. The van der Waals surface area contributed by atoms with E-state index in [2.05, 4.69) is 0 Å². The summed E-state index contributed by atoms with van der Waals surface area (Å²) < 4.78 is 0. The molecule has 4 rings (SSSR count). The van der Waals surface area contributed by atoms with Crippen molar-refractivity contribution in [2.24, 2.45) is 5.41 Å². The first-order valence-corrected chi connectivity index (χ1v) is 14.7. The van der Waals surface area contributed by atoms with E-state index >= 15 is 0 Å². The van der Waals surface area contributed by atoms with E-state index < -0.39 is 55.7 Å². The smallest absolute Gasteiger partial charge is 0.335 e. The molecule has 49 heavy (non-hydrogen) atoms. The lowest BCUT2D eigenvalue weighted by Gasteiger charge is -2.23. The number of hydrogen-bond donors (Lipinski definition) is 8. The number of rotatable bonds is 8. The highest BCUT2D eigenvalue weighted by molar-refractivity contribution is 5.90. The fourth-order valence-corrected chi connectivity index (χ4v) is 3.55. The summed E-state index contributed by atoms with van der Waals surface area (Å²) in [6, 6.07) is 27.7. The van der Waals surface area contributed by atoms with Gasteiger partial charge in [-0.3, -0.25) is 0 Å². The van der Waals surface area contributed by atoms with Gasteiger partial charge in [0.2, 0.25) is 0 Å². The summed E-state index contributed by atoms with van der Waals surface area (Å²) in [5.41, 5.74) is 3.60. The number of aryl methyl sites for hydroxylation is 4. The van der Waals surface area contributed by atoms with Gasteiger partial charge in [-0.05, 0) is 74.2 Å². The van der Waals surface area contributed by atoms with Crippen molar-refractivity contribution in [3.05, 3.63) is 142 Å². The fourth-order valence-electron chi connectivity index (χ4n) is 3.55. The number of carboxylic acid groups (broad SMARTS) is 4. The molecule has 0 aliphatic carbocycles. The molecule has 0 saturated carbocycles. The van der Waals surface area contributed by atoms with Crippen LogP contribution in [0.1, 0.15) is 63.7 Å². The molecule has 0 spiro atoms. The maximum absolute atomic E-state index is 10.4. The van der Waals surface area contributed by atoms with Crippen LogP contribution in [0.4, 0.5) is 0 Å². The number of aliphatic hydroxyl groups is 4. The molecule has 0 amide bonds. The first-order chi connectivity index (χ1) is 23.1. The summed E-state index contributed by atoms with van der Waals surface area (Å²) in [6.07, 6.45) is 0. The second-order valence-corrected chi connectivity index (χ2v) is 10.6. The minimum absolute atomic E-state index is 0.377. The van der Waals surface area contributed by atoms with Crippen molar-refractivity contribution in [1.29, 1.82) is 0 Å². The maximum Gasteiger partial charge on any atom is 0.335 e. The molecule has 0 bridgehead atoms. The van der Waals surface area contributed by atoms with Crippen molar-refractivity contribution in [3.8, 4) is 0 Å². The Bertz CT molecular complexity index is 1390. The molecule has 264 valence electrons. The monoisotopic (exact) mass is 680 g/mol. The number of aliphatic hydroxyl groups excluding tert-OH is 4. The van der Waals surface area contributed by atoms with Gasteiger partial charge < -0.3 is 40.9 Å². The highest BCUT2D eigenvalue weighted by Crippen LogP contribution is 2.12. The van der Waals surface area contributed by atoms with Gasteiger partial charge in [-0.25, -0.2) is 19.2 Å². The van der Waals surface area contributed by atoms with E-state index in [1.54, 1.807) is 100 Å². The molecule has 12 nitrogen and oxygen atoms in total. The zero-order valence-corrected chi connectivity index (χ0v) is 27.8. The molecule has 12 heteroatoms. The molecule has 0 saturated heterocycles. The van der Waals surface area contributed by atoms with Crippen molar-refractivity contribution >= 4 is 23.9 Å². The number of carbonyl (C=O) groups is 4. The summed E-state index contributed by atoms with van der Waals surface area (Å²) in [5, 5.41) is 68.2. The van der Waals surface area contributed by atoms with Crippen LogP contribution in [0.5, 0.6) is 0 Å². The van der Waals surface area contributed by atoms with Gasteiger partial charge in [-0.2, -0.15) is 0 Å². The Labute approximate surface area is 284 Å². The molecule has 0 aromatic heterocycles. The van der Waals surface area contributed by atoms with Crippen molar-refractivity contribution in [2.75, 3.05) is 26.4 Å². The van der Waals surface area contributed by atoms with Gasteiger partial charge in [-0.1, -0.05) is 72.8 Å². The van der Waals surface area contributed by atoms with Gasteiger partial charge in [0.25, 0.3) is 0 Å². The maximum atomic E-state index is 10.4. The molecule has 0 aliphatic heterocycles. The van der Waals surface area contributed by atoms with E-state index in [1.807, 2.05) is 24.3 Å². The molecule has 0 radical (unpaired) electrons. The molecule has 4 aromatic rings. The van der Waals surface area contributed by atoms with Gasteiger partial charge in [0.1, 0.15) is 0 Å². The second kappa shape index (κ2) is 23.0. The van der Waals surface area contributed by atoms with Crippen molar-refractivity contribution in [1.82, 2.24) is 0 Å². The highest BCUT2D eigenvalue weighted by atomic mass is 16.4. The van der Waals surface area contributed by atoms with Crippen LogP contribution in [-0.4, -0.2) is 91.2 Å². The number of aromatic carboxylic acids is 4. The van der Waals surface area contributed by atoms with E-state index in [-0.39, 0.29) is 0 Å². The minimum Gasteiger partial charge on any atom is -0.478 e. The van der Waals surface area contributed by atoms with E-state index in [0.717, 1.165) is 22.3 Å². The Morgan fingerprint density at radius 1 is 0.388 bits per heavy atom. The molecular weight excluding hydrogens is 636 g/mol. The normalized spacial score (nSPS) is 9.80. The summed E-state index contributed by atoms with van der Waals surface area (Å²) in [4.78, 5) is 41.7. The van der Waals surface area contributed by atoms with E-state index in [4.69, 9.17) is 40.9 Å². The summed E-state index contributed by atoms with van der Waals surface area (Å²) in [5.74, 6) is -3.45. The zero-order chi connectivity index (χ0) is 37.6. The van der Waals surface area contributed by atoms with Crippen molar-refractivity contribution in [3.63, 3.8) is 0 Å². The van der Waals surface area contributed by atoms with Gasteiger partial charge in [0.05, 0.1) is 54.1 Å². The molecule has 4 aromatic carbocycles. The molecule has 0 fully saturated rings. The van der Waals surface area contributed by atoms with Crippen molar-refractivity contribution < 1.29 is 60.0 Å². The Morgan fingerprint density at radius 2 is 0.551 bits per heavy atom. The number of benzene rings is 4. The molecule has 0 aliphatic rings. The van der Waals surface area contributed by atoms with Gasteiger partial charge in [0, 0.05) is 0 Å². The third-order valence-corrected chi connectivity index (χ3v) is 6.84. The number of hydrogen-bond acceptors (Lipinski definition) is 8. The minimum atomic E-state index is -1.11. The third kappa shape index (κ3) is 15.8. The lowest BCUT2D eigenvalue weighted by atomic mass is 9.93. The van der Waals surface area contributed by atoms with E-state index in [1.165, 1.54) is 0 Å². The Kier molecular flexibility index (Phi) is 20.5. The van der Waals surface area contributed by atoms with Crippen LogP contribution in [0.3, 0.4) is 0 Å². The standard InChI is InChI=1S/4C8H8O2.C5H12O4/c4*1-6-4-2-3-5-7(6)8(9)10;6-1-5(2-7,3-8)4-9/h4*2-5H,1H3,(H,9,10);6-9H,1-4H2. The third-order valence-electron chi connectivity index (χ3n) is 6.84. The summed E-state index contributed by atoms with van der Waals surface area (Å²) in [6.45, 7) is 5.50. The predicted octanol–water partition coefficient (Wildman–Crippen LogP) is 4.71. The summed E-state index contributed by atoms with van der Waals surface area (Å²) >= 11 is 0. The zero-order valence-electron chi connectivity index (χ0n) is 27.8. The first kappa shape index (κ1) is 43.6. The van der Waals surface area contributed by atoms with E-state index in [0.29, 0.717) is 22.3 Å². The lowest BCUT2D eigenvalue weighted by Crippen LogP contribution is -2.37. The highest BCUT2D eigenvalue weighted by Gasteiger charge is 2.26. The largest absolute Gasteiger partial charge is 0.478 e. The quantitative estimate of drug-likeness (QED) is 0.126. The average molecular weight is 681 g/mol. The number of carboxylic acids is 4. The molecule has 0 heterocycles. The lowest BCUT2D eigenvalue weighted by molar-refractivity contribution is -0.0328. The SMILES string of the molecule is Cc1ccccc1C(=O)O.Cc1ccccc1C(=O)O.Cc1ccccc1C(=O)O.Cc1ccccc1C(=O)O.OCC(CO)(CO)CO. The van der Waals surface area contributed by atoms with Crippen LogP contribution in [0.25, 0.3) is 0 Å². The van der Waals surface area contributed by atoms with Gasteiger partial charge in [-0.15, -0.1) is 0 Å². The topological polar surface area (TPSA) is 230 Å². The first-order valence-electron chi connectivity index (χ1n) is 14.7. The van der Waals surface area contributed by atoms with Gasteiger partial charge in [0.15, 0.2) is 0 Å². The fraction of sp³-hybridized carbons (Fsp3) is 0.243. The molecular formula is C37H44O12. The molecule has 8 N–H and O–H groups in total. The van der Waals surface area contributed by atoms with E-state index in [9.17, 15) is 19.2 Å². The van der Waals surface area contributed by atoms with Crippen molar-refractivity contribution in [2.45, 2.75) is 27.7 Å². The van der Waals surface area contributed by atoms with Crippen LogP contribution in [0, 0.1) is 33.1 Å². The van der Waals surface area contributed by atoms with Crippen LogP contribution in [0.15, 0.2) is 97.1 Å². The van der Waals surface area contributed by atoms with Crippen LogP contribution in [0.2, 0.25) is 0 Å². The Morgan fingerprint density at radius 3 is 0.633 bits per heavy atom. The molecule has 0 unspecified atom stereocenters. The summed E-state index contributed by atoms with van der Waals surface area (Å²) in [7, 11) is 0. The van der Waals surface area contributed by atoms with Crippen LogP contribution < -0.4 is 0 Å². The Balaban J connectivity index is 0.000000588. The van der Waals surface area contributed by atoms with Gasteiger partial charge >= 0.3 is 23.9 Å². The average Bonchev–Trinajstić information content (AvgIpc) is 3.08. The predicted molar refractivity (Wildman–Crippen MR) is 183 cm³/mol. The van der Waals surface area contributed by atoms with Crippen LogP contribution >= 0.6 is 0 Å². The molecule has 0 atom stereocenters.